The first-order valence-corrected chi connectivity index (χ1v) is 6.41. The molecule has 1 N–H and O–H groups in total. The summed E-state index contributed by atoms with van der Waals surface area (Å²) in [5.74, 6) is 1.05. The van der Waals surface area contributed by atoms with E-state index >= 15 is 0 Å². The lowest BCUT2D eigenvalue weighted by Crippen LogP contribution is -2.28. The van der Waals surface area contributed by atoms with Gasteiger partial charge in [-0.3, -0.25) is 4.79 Å². The van der Waals surface area contributed by atoms with Gasteiger partial charge >= 0.3 is 0 Å². The number of anilines is 1. The van der Waals surface area contributed by atoms with E-state index in [1.165, 1.54) is 0 Å². The van der Waals surface area contributed by atoms with Gasteiger partial charge in [-0.25, -0.2) is 4.63 Å². The molecule has 0 spiro atoms. The fraction of sp³-hybridized carbons (Fsp3) is 0.357. The Labute approximate surface area is 116 Å². The van der Waals surface area contributed by atoms with Gasteiger partial charge in [0.25, 0.3) is 0 Å². The number of amides is 1. The van der Waals surface area contributed by atoms with Crippen molar-refractivity contribution in [3.05, 3.63) is 35.5 Å². The zero-order valence-electron chi connectivity index (χ0n) is 11.3. The minimum Gasteiger partial charge on any atom is -0.497 e. The fourth-order valence-electron chi connectivity index (χ4n) is 2.26. The standard InChI is InChI=1S/C14H15N3O3/c1-9-12(17-20-16-9)15-13(18)14(6-7-14)10-4-3-5-11(8-10)19-2/h3-5,8H,6-7H2,1-2H3,(H,15,17,18). The summed E-state index contributed by atoms with van der Waals surface area (Å²) in [5, 5.41) is 10.1. The Hall–Kier alpha value is -2.37. The zero-order chi connectivity index (χ0) is 14.2. The van der Waals surface area contributed by atoms with Gasteiger partial charge in [-0.1, -0.05) is 17.3 Å². The molecule has 6 nitrogen and oxygen atoms in total. The number of nitrogens with zero attached hydrogens (tertiary/aromatic N) is 2. The van der Waals surface area contributed by atoms with Crippen LogP contribution in [0.5, 0.6) is 5.75 Å². The van der Waals surface area contributed by atoms with Crippen LogP contribution in [0, 0.1) is 6.92 Å². The molecule has 1 fully saturated rings. The van der Waals surface area contributed by atoms with Crippen molar-refractivity contribution >= 4 is 11.7 Å². The summed E-state index contributed by atoms with van der Waals surface area (Å²) in [5.41, 5.74) is 1.04. The lowest BCUT2D eigenvalue weighted by atomic mass is 9.94. The Bertz CT molecular complexity index is 647. The van der Waals surface area contributed by atoms with Crippen molar-refractivity contribution in [1.29, 1.82) is 0 Å². The number of nitrogens with one attached hydrogen (secondary N) is 1. The maximum atomic E-state index is 12.5. The van der Waals surface area contributed by atoms with Gasteiger partial charge in [-0.15, -0.1) is 0 Å². The summed E-state index contributed by atoms with van der Waals surface area (Å²) in [6.07, 6.45) is 1.63. The highest BCUT2D eigenvalue weighted by Crippen LogP contribution is 2.49. The third kappa shape index (κ3) is 2.03. The van der Waals surface area contributed by atoms with Gasteiger partial charge in [0, 0.05) is 0 Å². The SMILES string of the molecule is COc1cccc(C2(C(=O)Nc3nonc3C)CC2)c1. The molecule has 0 bridgehead atoms. The van der Waals surface area contributed by atoms with Crippen molar-refractivity contribution < 1.29 is 14.2 Å². The number of ether oxygens (including phenoxy) is 1. The van der Waals surface area contributed by atoms with Crippen molar-refractivity contribution in [2.75, 3.05) is 12.4 Å². The number of hydrogen-bond acceptors (Lipinski definition) is 5. The molecule has 0 radical (unpaired) electrons. The minimum absolute atomic E-state index is 0.0791. The number of carbonyl (C=O) groups is 1. The van der Waals surface area contributed by atoms with E-state index in [0.717, 1.165) is 24.2 Å². The largest absolute Gasteiger partial charge is 0.497 e. The monoisotopic (exact) mass is 273 g/mol. The summed E-state index contributed by atoms with van der Waals surface area (Å²) in [6, 6.07) is 7.61. The van der Waals surface area contributed by atoms with E-state index in [1.807, 2.05) is 24.3 Å². The van der Waals surface area contributed by atoms with Gasteiger partial charge in [0.2, 0.25) is 5.91 Å². The third-order valence-electron chi connectivity index (χ3n) is 3.69. The van der Waals surface area contributed by atoms with Gasteiger partial charge in [0.1, 0.15) is 11.4 Å². The van der Waals surface area contributed by atoms with Crippen LogP contribution in [0.2, 0.25) is 0 Å². The predicted octanol–water partition coefficient (Wildman–Crippen LogP) is 2.06. The van der Waals surface area contributed by atoms with E-state index in [-0.39, 0.29) is 5.91 Å². The molecule has 1 heterocycles. The molecule has 1 amide bonds. The Kier molecular flexibility index (Phi) is 2.93. The molecule has 104 valence electrons. The molecule has 1 aromatic heterocycles. The molecular formula is C14H15N3O3. The molecule has 3 rings (SSSR count). The molecule has 2 aromatic rings. The first-order chi connectivity index (χ1) is 9.65. The van der Waals surface area contributed by atoms with Crippen molar-refractivity contribution in [1.82, 2.24) is 10.3 Å². The van der Waals surface area contributed by atoms with Gasteiger partial charge in [0.15, 0.2) is 5.82 Å². The third-order valence-corrected chi connectivity index (χ3v) is 3.69. The zero-order valence-corrected chi connectivity index (χ0v) is 11.3. The van der Waals surface area contributed by atoms with Gasteiger partial charge < -0.3 is 10.1 Å². The van der Waals surface area contributed by atoms with Crippen LogP contribution >= 0.6 is 0 Å². The van der Waals surface area contributed by atoms with Gasteiger partial charge in [0.05, 0.1) is 12.5 Å². The van der Waals surface area contributed by atoms with Crippen LogP contribution in [0.4, 0.5) is 5.82 Å². The Morgan fingerprint density at radius 1 is 1.40 bits per heavy atom. The number of aryl methyl sites for hydroxylation is 1. The maximum absolute atomic E-state index is 12.5. The van der Waals surface area contributed by atoms with Crippen LogP contribution in [0.3, 0.4) is 0 Å². The maximum Gasteiger partial charge on any atom is 0.236 e. The summed E-state index contributed by atoms with van der Waals surface area (Å²) < 4.78 is 9.80. The second kappa shape index (κ2) is 4.63. The Balaban J connectivity index is 1.85. The molecule has 0 saturated heterocycles. The highest BCUT2D eigenvalue weighted by molar-refractivity contribution is 6.01. The van der Waals surface area contributed by atoms with E-state index in [2.05, 4.69) is 20.3 Å². The van der Waals surface area contributed by atoms with E-state index in [1.54, 1.807) is 14.0 Å². The number of hydrogen-bond donors (Lipinski definition) is 1. The predicted molar refractivity (Wildman–Crippen MR) is 71.6 cm³/mol. The molecule has 1 aliphatic carbocycles. The first kappa shape index (κ1) is 12.7. The molecule has 1 aliphatic rings. The molecule has 1 saturated carbocycles. The average molecular weight is 273 g/mol. The summed E-state index contributed by atoms with van der Waals surface area (Å²) in [6.45, 7) is 1.73. The molecule has 1 aromatic carbocycles. The van der Waals surface area contributed by atoms with Crippen LogP contribution in [0.15, 0.2) is 28.9 Å². The first-order valence-electron chi connectivity index (χ1n) is 6.41. The molecular weight excluding hydrogens is 258 g/mol. The quantitative estimate of drug-likeness (QED) is 0.922. The van der Waals surface area contributed by atoms with Gasteiger partial charge in [-0.05, 0) is 42.6 Å². The second-order valence-electron chi connectivity index (χ2n) is 4.97. The van der Waals surface area contributed by atoms with Crippen molar-refractivity contribution in [3.63, 3.8) is 0 Å². The summed E-state index contributed by atoms with van der Waals surface area (Å²) in [7, 11) is 1.61. The van der Waals surface area contributed by atoms with E-state index in [0.29, 0.717) is 11.5 Å². The average Bonchev–Trinajstić information content (AvgIpc) is 3.20. The van der Waals surface area contributed by atoms with Crippen LogP contribution < -0.4 is 10.1 Å². The van der Waals surface area contributed by atoms with Crippen LogP contribution in [0.1, 0.15) is 24.1 Å². The van der Waals surface area contributed by atoms with E-state index in [9.17, 15) is 4.79 Å². The lowest BCUT2D eigenvalue weighted by molar-refractivity contribution is -0.118. The smallest absolute Gasteiger partial charge is 0.236 e. The number of rotatable bonds is 4. The minimum atomic E-state index is -0.486. The molecule has 20 heavy (non-hydrogen) atoms. The van der Waals surface area contributed by atoms with Crippen LogP contribution in [-0.2, 0) is 10.2 Å². The molecule has 0 unspecified atom stereocenters. The summed E-state index contributed by atoms with van der Waals surface area (Å²) >= 11 is 0. The van der Waals surface area contributed by atoms with Gasteiger partial charge in [-0.2, -0.15) is 0 Å². The number of aromatic nitrogens is 2. The van der Waals surface area contributed by atoms with Crippen molar-refractivity contribution in [2.24, 2.45) is 0 Å². The Morgan fingerprint density at radius 2 is 2.20 bits per heavy atom. The van der Waals surface area contributed by atoms with Crippen molar-refractivity contribution in [3.8, 4) is 5.75 Å². The number of benzene rings is 1. The lowest BCUT2D eigenvalue weighted by Gasteiger charge is -2.15. The van der Waals surface area contributed by atoms with E-state index < -0.39 is 5.41 Å². The topological polar surface area (TPSA) is 77.2 Å². The number of carbonyl (C=O) groups excluding carboxylic acids is 1. The summed E-state index contributed by atoms with van der Waals surface area (Å²) in [4.78, 5) is 12.5. The van der Waals surface area contributed by atoms with Crippen molar-refractivity contribution in [2.45, 2.75) is 25.2 Å². The van der Waals surface area contributed by atoms with E-state index in [4.69, 9.17) is 4.74 Å². The molecule has 0 atom stereocenters. The van der Waals surface area contributed by atoms with Crippen LogP contribution in [0.25, 0.3) is 0 Å². The molecule has 6 heteroatoms. The molecule has 0 aliphatic heterocycles. The Morgan fingerprint density at radius 3 is 2.80 bits per heavy atom. The fourth-order valence-corrected chi connectivity index (χ4v) is 2.26. The highest BCUT2D eigenvalue weighted by atomic mass is 16.6. The number of methoxy groups -OCH3 is 1. The van der Waals surface area contributed by atoms with Crippen LogP contribution in [-0.4, -0.2) is 23.3 Å². The second-order valence-corrected chi connectivity index (χ2v) is 4.97. The normalized spacial score (nSPS) is 15.7. The highest BCUT2D eigenvalue weighted by Gasteiger charge is 2.51.